The smallest absolute Gasteiger partial charge is 0.334 e. The second-order valence-electron chi connectivity index (χ2n) is 6.17. The Morgan fingerprint density at radius 2 is 1.65 bits per heavy atom. The van der Waals surface area contributed by atoms with Crippen molar-refractivity contribution in [2.75, 3.05) is 0 Å². The summed E-state index contributed by atoms with van der Waals surface area (Å²) in [6.45, 7) is 2.06. The lowest BCUT2D eigenvalue weighted by molar-refractivity contribution is -0.140. The number of rotatable bonds is 6. The first kappa shape index (κ1) is 17.6. The summed E-state index contributed by atoms with van der Waals surface area (Å²) in [6.07, 6.45) is 6.34. The van der Waals surface area contributed by atoms with Gasteiger partial charge in [0.2, 0.25) is 0 Å². The maximum Gasteiger partial charge on any atom is 0.334 e. The summed E-state index contributed by atoms with van der Waals surface area (Å²) in [5, 5.41) is 0. The molecule has 1 heterocycles. The molecule has 0 bridgehead atoms. The van der Waals surface area contributed by atoms with Crippen LogP contribution in [0.1, 0.15) is 29.2 Å². The molecule has 0 aliphatic rings. The lowest BCUT2D eigenvalue weighted by Gasteiger charge is -2.06. The summed E-state index contributed by atoms with van der Waals surface area (Å²) in [5.74, 6) is -0.298. The van der Waals surface area contributed by atoms with Crippen molar-refractivity contribution in [3.05, 3.63) is 107 Å². The molecule has 26 heavy (non-hydrogen) atoms. The van der Waals surface area contributed by atoms with Gasteiger partial charge in [0.15, 0.2) is 0 Å². The molecule has 1 aromatic heterocycles. The van der Waals surface area contributed by atoms with Crippen molar-refractivity contribution in [2.24, 2.45) is 0 Å². The van der Waals surface area contributed by atoms with Crippen LogP contribution in [0.2, 0.25) is 0 Å². The van der Waals surface area contributed by atoms with Gasteiger partial charge in [0, 0.05) is 18.0 Å². The lowest BCUT2D eigenvalue weighted by Crippen LogP contribution is -2.05. The molecule has 0 saturated carbocycles. The average molecular weight is 343 g/mol. The Balaban J connectivity index is 1.58. The summed E-state index contributed by atoms with van der Waals surface area (Å²) in [4.78, 5) is 16.3. The van der Waals surface area contributed by atoms with E-state index in [-0.39, 0.29) is 12.6 Å². The topological polar surface area (TPSA) is 39.2 Å². The number of carbonyl (C=O) groups excluding carboxylic acids is 1. The van der Waals surface area contributed by atoms with E-state index in [1.165, 1.54) is 11.1 Å². The van der Waals surface area contributed by atoms with E-state index >= 15 is 0 Å². The van der Waals surface area contributed by atoms with E-state index in [1.54, 1.807) is 13.1 Å². The van der Waals surface area contributed by atoms with Crippen molar-refractivity contribution in [2.45, 2.75) is 20.0 Å². The molecule has 3 heteroatoms. The van der Waals surface area contributed by atoms with Gasteiger partial charge in [0.05, 0.1) is 0 Å². The van der Waals surface area contributed by atoms with Crippen molar-refractivity contribution in [1.82, 2.24) is 4.98 Å². The standard InChI is InChI=1S/C23H21NO2/c1-18(23(25)26-17-21-6-3-2-4-7-21)14-19-9-11-20(12-10-19)15-22-8-5-13-24-16-22/h2-14,16H,15,17H2,1H3/b18-14+. The average Bonchev–Trinajstić information content (AvgIpc) is 2.69. The van der Waals surface area contributed by atoms with Crippen molar-refractivity contribution in [3.8, 4) is 0 Å². The van der Waals surface area contributed by atoms with Gasteiger partial charge in [-0.25, -0.2) is 4.79 Å². The van der Waals surface area contributed by atoms with Gasteiger partial charge in [-0.3, -0.25) is 4.98 Å². The quantitative estimate of drug-likeness (QED) is 0.476. The number of ether oxygens (including phenoxy) is 1. The Hall–Kier alpha value is -3.20. The fraction of sp³-hybridized carbons (Fsp3) is 0.130. The summed E-state index contributed by atoms with van der Waals surface area (Å²) < 4.78 is 5.35. The normalized spacial score (nSPS) is 11.2. The molecule has 2 aromatic carbocycles. The number of pyridine rings is 1. The zero-order valence-corrected chi connectivity index (χ0v) is 14.8. The summed E-state index contributed by atoms with van der Waals surface area (Å²) in [6, 6.07) is 21.8. The lowest BCUT2D eigenvalue weighted by atomic mass is 10.0. The van der Waals surface area contributed by atoms with Crippen LogP contribution in [0.5, 0.6) is 0 Å². The molecule has 3 aromatic rings. The molecular formula is C23H21NO2. The van der Waals surface area contributed by atoms with Gasteiger partial charge in [-0.15, -0.1) is 0 Å². The van der Waals surface area contributed by atoms with Crippen LogP contribution in [-0.4, -0.2) is 11.0 Å². The molecule has 0 spiro atoms. The van der Waals surface area contributed by atoms with Crippen LogP contribution in [0.4, 0.5) is 0 Å². The predicted octanol–water partition coefficient (Wildman–Crippen LogP) is 4.82. The van der Waals surface area contributed by atoms with Gasteiger partial charge in [0.1, 0.15) is 6.61 Å². The maximum absolute atomic E-state index is 12.1. The first-order chi connectivity index (χ1) is 12.7. The van der Waals surface area contributed by atoms with Crippen LogP contribution in [0, 0.1) is 0 Å². The van der Waals surface area contributed by atoms with E-state index in [9.17, 15) is 4.79 Å². The zero-order chi connectivity index (χ0) is 18.2. The third kappa shape index (κ3) is 5.15. The largest absolute Gasteiger partial charge is 0.457 e. The third-order valence-corrected chi connectivity index (χ3v) is 4.03. The minimum absolute atomic E-state index is 0.287. The fourth-order valence-corrected chi connectivity index (χ4v) is 2.62. The van der Waals surface area contributed by atoms with Crippen LogP contribution >= 0.6 is 0 Å². The van der Waals surface area contributed by atoms with E-state index in [0.717, 1.165) is 17.5 Å². The number of hydrogen-bond donors (Lipinski definition) is 0. The molecule has 3 nitrogen and oxygen atoms in total. The van der Waals surface area contributed by atoms with Gasteiger partial charge in [-0.05, 0) is 47.7 Å². The Labute approximate surface area is 154 Å². The highest BCUT2D eigenvalue weighted by Crippen LogP contribution is 2.13. The van der Waals surface area contributed by atoms with Crippen LogP contribution in [0.25, 0.3) is 6.08 Å². The molecule has 0 unspecified atom stereocenters. The molecule has 0 radical (unpaired) electrons. The molecule has 130 valence electrons. The van der Waals surface area contributed by atoms with Gasteiger partial charge < -0.3 is 4.74 Å². The highest BCUT2D eigenvalue weighted by Gasteiger charge is 2.06. The summed E-state index contributed by atoms with van der Waals surface area (Å²) in [5.41, 5.74) is 4.93. The first-order valence-electron chi connectivity index (χ1n) is 8.58. The SMILES string of the molecule is C/C(=C\c1ccc(Cc2cccnc2)cc1)C(=O)OCc1ccccc1. The molecule has 0 aliphatic carbocycles. The minimum atomic E-state index is -0.298. The second-order valence-corrected chi connectivity index (χ2v) is 6.17. The number of esters is 1. The first-order valence-corrected chi connectivity index (χ1v) is 8.58. The maximum atomic E-state index is 12.1. The van der Waals surface area contributed by atoms with Crippen molar-refractivity contribution < 1.29 is 9.53 Å². The zero-order valence-electron chi connectivity index (χ0n) is 14.8. The molecule has 0 aliphatic heterocycles. The van der Waals surface area contributed by atoms with Crippen LogP contribution in [0.15, 0.2) is 84.7 Å². The molecular weight excluding hydrogens is 322 g/mol. The number of aromatic nitrogens is 1. The molecule has 0 amide bonds. The monoisotopic (exact) mass is 343 g/mol. The molecule has 0 atom stereocenters. The molecule has 0 fully saturated rings. The molecule has 3 rings (SSSR count). The van der Waals surface area contributed by atoms with Gasteiger partial charge in [-0.2, -0.15) is 0 Å². The number of nitrogens with zero attached hydrogens (tertiary/aromatic N) is 1. The van der Waals surface area contributed by atoms with Crippen LogP contribution in [-0.2, 0) is 22.6 Å². The molecule has 0 N–H and O–H groups in total. The number of benzene rings is 2. The Kier molecular flexibility index (Phi) is 5.94. The van der Waals surface area contributed by atoms with Crippen molar-refractivity contribution in [3.63, 3.8) is 0 Å². The third-order valence-electron chi connectivity index (χ3n) is 4.03. The predicted molar refractivity (Wildman–Crippen MR) is 103 cm³/mol. The van der Waals surface area contributed by atoms with Crippen LogP contribution < -0.4 is 0 Å². The van der Waals surface area contributed by atoms with E-state index in [1.807, 2.05) is 60.8 Å². The van der Waals surface area contributed by atoms with E-state index in [2.05, 4.69) is 23.2 Å². The van der Waals surface area contributed by atoms with Gasteiger partial charge in [-0.1, -0.05) is 60.7 Å². The highest BCUT2D eigenvalue weighted by atomic mass is 16.5. The second kappa shape index (κ2) is 8.77. The van der Waals surface area contributed by atoms with E-state index in [0.29, 0.717) is 5.57 Å². The van der Waals surface area contributed by atoms with Gasteiger partial charge >= 0.3 is 5.97 Å². The number of hydrogen-bond acceptors (Lipinski definition) is 3. The van der Waals surface area contributed by atoms with Crippen molar-refractivity contribution in [1.29, 1.82) is 0 Å². The Morgan fingerprint density at radius 1 is 0.923 bits per heavy atom. The van der Waals surface area contributed by atoms with Crippen LogP contribution in [0.3, 0.4) is 0 Å². The summed E-state index contributed by atoms with van der Waals surface area (Å²) in [7, 11) is 0. The molecule has 0 saturated heterocycles. The minimum Gasteiger partial charge on any atom is -0.457 e. The van der Waals surface area contributed by atoms with Crippen molar-refractivity contribution >= 4 is 12.0 Å². The van der Waals surface area contributed by atoms with E-state index < -0.39 is 0 Å². The Bertz CT molecular complexity index is 869. The highest BCUT2D eigenvalue weighted by molar-refractivity contribution is 5.92. The number of carbonyl (C=O) groups is 1. The van der Waals surface area contributed by atoms with Gasteiger partial charge in [0.25, 0.3) is 0 Å². The summed E-state index contributed by atoms with van der Waals surface area (Å²) >= 11 is 0. The van der Waals surface area contributed by atoms with E-state index in [4.69, 9.17) is 4.74 Å². The fourth-order valence-electron chi connectivity index (χ4n) is 2.62. The Morgan fingerprint density at radius 3 is 2.35 bits per heavy atom.